The third kappa shape index (κ3) is 12.5. The zero-order valence-electron chi connectivity index (χ0n) is 27.2. The van der Waals surface area contributed by atoms with Crippen molar-refractivity contribution in [2.24, 2.45) is 5.11 Å². The van der Waals surface area contributed by atoms with Gasteiger partial charge in [0.25, 0.3) is 0 Å². The van der Waals surface area contributed by atoms with Gasteiger partial charge in [-0.05, 0) is 122 Å². The lowest BCUT2D eigenvalue weighted by molar-refractivity contribution is -0.519. The van der Waals surface area contributed by atoms with Gasteiger partial charge in [0.2, 0.25) is 0 Å². The van der Waals surface area contributed by atoms with Crippen LogP contribution >= 0.6 is 0 Å². The first kappa shape index (κ1) is 34.0. The van der Waals surface area contributed by atoms with Crippen molar-refractivity contribution in [2.45, 2.75) is 151 Å². The molecule has 0 aliphatic rings. The minimum Gasteiger partial charge on any atom is -0.0910 e. The van der Waals surface area contributed by atoms with Crippen LogP contribution in [0, 0.1) is 0 Å². The second-order valence-electron chi connectivity index (χ2n) is 11.7. The number of aryl methyl sites for hydroxylation is 4. The molecule has 0 amide bonds. The predicted molar refractivity (Wildman–Crippen MR) is 177 cm³/mol. The zero-order chi connectivity index (χ0) is 29.0. The molecule has 0 aliphatic carbocycles. The van der Waals surface area contributed by atoms with Crippen molar-refractivity contribution in [3.8, 4) is 0 Å². The normalized spacial score (nSPS) is 12.1. The highest BCUT2D eigenvalue weighted by molar-refractivity contribution is 5.54. The Bertz CT molecular complexity index is 1000. The van der Waals surface area contributed by atoms with Gasteiger partial charge in [0.15, 0.2) is 12.7 Å². The van der Waals surface area contributed by atoms with Crippen LogP contribution < -0.4 is 0 Å². The Hall–Kier alpha value is -2.22. The van der Waals surface area contributed by atoms with Gasteiger partial charge in [-0.15, -0.1) is 0 Å². The van der Waals surface area contributed by atoms with Crippen molar-refractivity contribution in [1.82, 2.24) is 0 Å². The number of rotatable bonds is 21. The summed E-state index contributed by atoms with van der Waals surface area (Å²) in [5.74, 6) is 0. The molecule has 2 aromatic carbocycles. The van der Waals surface area contributed by atoms with E-state index >= 15 is 0 Å². The minimum absolute atomic E-state index is 0.863. The summed E-state index contributed by atoms with van der Waals surface area (Å²) in [4.78, 5) is 0. The average Bonchev–Trinajstić information content (AvgIpc) is 2.97. The molecule has 0 bridgehead atoms. The highest BCUT2D eigenvalue weighted by Crippen LogP contribution is 2.26. The van der Waals surface area contributed by atoms with Gasteiger partial charge < -0.3 is 0 Å². The summed E-state index contributed by atoms with van der Waals surface area (Å²) in [7, 11) is 0. The number of azo groups is 2. The topological polar surface area (TPSA) is 15.4 Å². The molecule has 0 aliphatic heterocycles. The first-order valence-electron chi connectivity index (χ1n) is 17.0. The van der Waals surface area contributed by atoms with Gasteiger partial charge in [0.05, 0.1) is 0 Å². The fourth-order valence-electron chi connectivity index (χ4n) is 5.53. The molecule has 0 unspecified atom stereocenters. The molecule has 0 saturated heterocycles. The molecule has 0 fully saturated rings. The minimum atomic E-state index is 0.863. The monoisotopic (exact) mass is 545 g/mol. The van der Waals surface area contributed by atoms with Crippen molar-refractivity contribution < 1.29 is 4.70 Å². The molecule has 0 atom stereocenters. The predicted octanol–water partition coefficient (Wildman–Crippen LogP) is 12.0. The highest BCUT2D eigenvalue weighted by Gasteiger charge is 2.11. The maximum atomic E-state index is 5.11. The summed E-state index contributed by atoms with van der Waals surface area (Å²) >= 11 is 0. The van der Waals surface area contributed by atoms with Crippen LogP contribution in [0.25, 0.3) is 6.08 Å². The lowest BCUT2D eigenvalue weighted by Crippen LogP contribution is -2.03. The van der Waals surface area contributed by atoms with Crippen LogP contribution in [0.15, 0.2) is 41.6 Å². The Balaban J connectivity index is 2.38. The van der Waals surface area contributed by atoms with Crippen molar-refractivity contribution in [1.29, 1.82) is 0 Å². The molecule has 40 heavy (non-hydrogen) atoms. The van der Waals surface area contributed by atoms with Gasteiger partial charge in [-0.2, -0.15) is 0 Å². The molecule has 0 aromatic heterocycles. The summed E-state index contributed by atoms with van der Waals surface area (Å²) in [6, 6.07) is 12.0. The van der Waals surface area contributed by atoms with Gasteiger partial charge in [0, 0.05) is 6.08 Å². The lowest BCUT2D eigenvalue weighted by Gasteiger charge is -2.16. The zero-order valence-corrected chi connectivity index (χ0v) is 27.2. The van der Waals surface area contributed by atoms with Crippen LogP contribution in [0.4, 0.5) is 5.69 Å². The summed E-state index contributed by atoms with van der Waals surface area (Å²) in [5, 5.41) is 5.11. The van der Waals surface area contributed by atoms with Crippen LogP contribution in [0.3, 0.4) is 0 Å². The Kier molecular flexibility index (Phi) is 17.5. The molecule has 0 heterocycles. The average molecular weight is 546 g/mol. The molecule has 2 nitrogen and oxygen atoms in total. The number of nitrogens with zero attached hydrogens (tertiary/aromatic N) is 2. The smallest absolute Gasteiger partial charge is 0.0910 e. The molecule has 2 aromatic rings. The van der Waals surface area contributed by atoms with Crippen molar-refractivity contribution in [2.75, 3.05) is 6.54 Å². The van der Waals surface area contributed by atoms with E-state index in [0.29, 0.717) is 0 Å². The van der Waals surface area contributed by atoms with E-state index in [1.807, 2.05) is 0 Å². The third-order valence-electron chi connectivity index (χ3n) is 8.02. The molecule has 0 spiro atoms. The third-order valence-corrected chi connectivity index (χ3v) is 8.02. The molecular weight excluding hydrogens is 484 g/mol. The van der Waals surface area contributed by atoms with Crippen LogP contribution in [0.5, 0.6) is 0 Å². The second kappa shape index (κ2) is 20.6. The van der Waals surface area contributed by atoms with E-state index in [1.165, 1.54) is 113 Å². The molecule has 0 N–H and O–H groups in total. The molecule has 0 radical (unpaired) electrons. The van der Waals surface area contributed by atoms with Crippen LogP contribution in [0.2, 0.25) is 0 Å². The number of unbranched alkanes of at least 4 members (excludes halogenated alkanes) is 7. The van der Waals surface area contributed by atoms with E-state index in [0.717, 1.165) is 25.1 Å². The van der Waals surface area contributed by atoms with E-state index in [1.54, 1.807) is 16.7 Å². The van der Waals surface area contributed by atoms with E-state index in [9.17, 15) is 0 Å². The molecule has 222 valence electrons. The number of hydrogen-bond acceptors (Lipinski definition) is 1. The fraction of sp³-hybridized carbons (Fsp3) is 0.632. The van der Waals surface area contributed by atoms with Gasteiger partial charge >= 0.3 is 0 Å². The summed E-state index contributed by atoms with van der Waals surface area (Å²) < 4.78 is 2.13. The molecular formula is C38H61N2+. The Morgan fingerprint density at radius 2 is 1.07 bits per heavy atom. The molecule has 2 heteroatoms. The van der Waals surface area contributed by atoms with Crippen molar-refractivity contribution in [3.05, 3.63) is 69.9 Å². The van der Waals surface area contributed by atoms with E-state index < -0.39 is 0 Å². The van der Waals surface area contributed by atoms with E-state index in [2.05, 4.69) is 88.8 Å². The van der Waals surface area contributed by atoms with E-state index in [4.69, 9.17) is 5.11 Å². The Morgan fingerprint density at radius 3 is 1.62 bits per heavy atom. The first-order valence-corrected chi connectivity index (χ1v) is 17.0. The number of hydrogen-bond donors (Lipinski definition) is 0. The van der Waals surface area contributed by atoms with Crippen LogP contribution in [-0.2, 0) is 32.1 Å². The standard InChI is InChI=1S/C38H61N2/c1-7-13-18-19-21-33-27-32(20-14-8-2)30-37(31-33)39-40(12-6)26-25-34-28-35(22-15-9-3)38(24-17-11-5)36(29-34)23-16-10-4/h25-31H,7-24H2,1-6H3/q+1. The maximum absolute atomic E-state index is 5.11. The summed E-state index contributed by atoms with van der Waals surface area (Å²) in [5.41, 5.74) is 10.1. The summed E-state index contributed by atoms with van der Waals surface area (Å²) in [6.45, 7) is 14.6. The quantitative estimate of drug-likeness (QED) is 0.0842. The maximum Gasteiger partial charge on any atom is 0.196 e. The molecule has 2 rings (SSSR count). The first-order chi connectivity index (χ1) is 19.6. The fourth-order valence-corrected chi connectivity index (χ4v) is 5.53. The summed E-state index contributed by atoms with van der Waals surface area (Å²) in [6.07, 6.45) is 25.7. The van der Waals surface area contributed by atoms with Crippen molar-refractivity contribution >= 4 is 11.8 Å². The van der Waals surface area contributed by atoms with Gasteiger partial charge in [0.1, 0.15) is 5.69 Å². The molecule has 0 saturated carbocycles. The van der Waals surface area contributed by atoms with Crippen LogP contribution in [-0.4, -0.2) is 11.2 Å². The number of benzene rings is 2. The largest absolute Gasteiger partial charge is 0.196 e. The Labute approximate surface area is 248 Å². The van der Waals surface area contributed by atoms with Gasteiger partial charge in [-0.25, -0.2) is 0 Å². The second-order valence-corrected chi connectivity index (χ2v) is 11.7. The van der Waals surface area contributed by atoms with Gasteiger partial charge in [-0.3, -0.25) is 0 Å². The van der Waals surface area contributed by atoms with E-state index in [-0.39, 0.29) is 0 Å². The SMILES string of the molecule is CCCCCCc1cc(CCCC)cc(N=[N+](C=Cc2cc(CCCC)c(CCCC)c(CCCC)c2)CC)c1. The lowest BCUT2D eigenvalue weighted by atomic mass is 9.89. The van der Waals surface area contributed by atoms with Gasteiger partial charge in [-0.1, -0.05) is 102 Å². The van der Waals surface area contributed by atoms with Crippen molar-refractivity contribution in [3.63, 3.8) is 0 Å². The Morgan fingerprint density at radius 1 is 0.550 bits per heavy atom. The highest BCUT2D eigenvalue weighted by atomic mass is 15.2. The van der Waals surface area contributed by atoms with Crippen LogP contribution in [0.1, 0.15) is 152 Å².